The van der Waals surface area contributed by atoms with Gasteiger partial charge in [-0.15, -0.1) is 0 Å². The highest BCUT2D eigenvalue weighted by Crippen LogP contribution is 2.22. The van der Waals surface area contributed by atoms with Crippen molar-refractivity contribution < 1.29 is 4.79 Å². The van der Waals surface area contributed by atoms with E-state index in [2.05, 4.69) is 22.6 Å². The summed E-state index contributed by atoms with van der Waals surface area (Å²) in [6.45, 7) is 1.01. The number of nitrogens with one attached hydrogen (secondary N) is 2. The summed E-state index contributed by atoms with van der Waals surface area (Å²) in [6.07, 6.45) is 9.57. The maximum absolute atomic E-state index is 11.6. The Kier molecular flexibility index (Phi) is 11.9. The monoisotopic (exact) mass is 328 g/mol. The van der Waals surface area contributed by atoms with Crippen LogP contribution in [0.3, 0.4) is 0 Å². The van der Waals surface area contributed by atoms with E-state index in [1.165, 1.54) is 44.9 Å². The molecule has 21 heavy (non-hydrogen) atoms. The molecule has 1 amide bonds. The molecule has 0 atom stereocenters. The molecule has 1 rings (SSSR count). The third-order valence-electron chi connectivity index (χ3n) is 3.51. The Balaban J connectivity index is 2.07. The topological polar surface area (TPSA) is 41.1 Å². The number of hydrogen-bond acceptors (Lipinski definition) is 4. The van der Waals surface area contributed by atoms with Gasteiger partial charge in [0.05, 0.1) is 0 Å². The minimum Gasteiger partial charge on any atom is -0.319 e. The lowest BCUT2D eigenvalue weighted by Gasteiger charge is -2.13. The van der Waals surface area contributed by atoms with Crippen molar-refractivity contribution >= 4 is 27.5 Å². The molecule has 3 nitrogen and oxygen atoms in total. The molecule has 0 aromatic heterocycles. The first-order valence-corrected chi connectivity index (χ1v) is 10.5. The molecule has 0 saturated heterocycles. The van der Waals surface area contributed by atoms with Crippen LogP contribution >= 0.6 is 21.6 Å². The molecule has 0 aromatic carbocycles. The van der Waals surface area contributed by atoms with E-state index in [1.807, 2.05) is 17.8 Å². The third-order valence-corrected chi connectivity index (χ3v) is 5.92. The Bertz CT molecular complexity index is 331. The predicted molar refractivity (Wildman–Crippen MR) is 95.2 cm³/mol. The van der Waals surface area contributed by atoms with Gasteiger partial charge in [-0.3, -0.25) is 10.1 Å². The normalized spacial score (nSPS) is 16.4. The van der Waals surface area contributed by atoms with E-state index in [9.17, 15) is 4.79 Å². The molecule has 1 aliphatic rings. The van der Waals surface area contributed by atoms with Crippen LogP contribution in [0.4, 0.5) is 0 Å². The van der Waals surface area contributed by atoms with Crippen LogP contribution in [0.1, 0.15) is 51.4 Å². The van der Waals surface area contributed by atoms with Crippen molar-refractivity contribution in [3.05, 3.63) is 0 Å². The molecule has 5 heteroatoms. The van der Waals surface area contributed by atoms with Crippen LogP contribution in [0.25, 0.3) is 0 Å². The van der Waals surface area contributed by atoms with Gasteiger partial charge in [-0.25, -0.2) is 0 Å². The Morgan fingerprint density at radius 2 is 1.76 bits per heavy atom. The number of rotatable bonds is 7. The summed E-state index contributed by atoms with van der Waals surface area (Å²) in [7, 11) is 5.52. The number of carbonyl (C=O) groups is 1. The van der Waals surface area contributed by atoms with E-state index < -0.39 is 0 Å². The van der Waals surface area contributed by atoms with Crippen molar-refractivity contribution in [1.82, 2.24) is 10.6 Å². The zero-order valence-electron chi connectivity index (χ0n) is 13.1. The Morgan fingerprint density at radius 1 is 1.10 bits per heavy atom. The van der Waals surface area contributed by atoms with Crippen molar-refractivity contribution in [2.45, 2.75) is 51.4 Å². The average molecular weight is 329 g/mol. The smallest absolute Gasteiger partial charge is 0.232 e. The van der Waals surface area contributed by atoms with Gasteiger partial charge in [0.2, 0.25) is 5.91 Å². The lowest BCUT2D eigenvalue weighted by Crippen LogP contribution is -2.18. The van der Waals surface area contributed by atoms with Crippen molar-refractivity contribution in [2.75, 3.05) is 25.1 Å². The quantitative estimate of drug-likeness (QED) is 0.325. The summed E-state index contributed by atoms with van der Waals surface area (Å²) in [6, 6.07) is 2.89. The summed E-state index contributed by atoms with van der Waals surface area (Å²) < 4.78 is 0. The molecule has 0 aliphatic heterocycles. The zero-order chi connectivity index (χ0) is 15.2. The maximum atomic E-state index is 11.6. The summed E-state index contributed by atoms with van der Waals surface area (Å²) in [5.41, 5.74) is 0. The highest BCUT2D eigenvalue weighted by Gasteiger charge is 2.08. The minimum atomic E-state index is 0.0510. The lowest BCUT2D eigenvalue weighted by molar-refractivity contribution is -0.119. The SMILES string of the molecule is CNCCSSCCC(=O)NC#CC1CCCCCCC1. The van der Waals surface area contributed by atoms with Gasteiger partial charge in [-0.1, -0.05) is 59.6 Å². The van der Waals surface area contributed by atoms with Gasteiger partial charge >= 0.3 is 0 Å². The van der Waals surface area contributed by atoms with Crippen molar-refractivity contribution in [3.8, 4) is 12.0 Å². The molecule has 0 spiro atoms. The van der Waals surface area contributed by atoms with Crippen molar-refractivity contribution in [2.24, 2.45) is 5.92 Å². The first kappa shape index (κ1) is 18.7. The van der Waals surface area contributed by atoms with Gasteiger partial charge in [-0.2, -0.15) is 0 Å². The van der Waals surface area contributed by atoms with E-state index in [-0.39, 0.29) is 5.91 Å². The second kappa shape index (κ2) is 13.4. The highest BCUT2D eigenvalue weighted by atomic mass is 33.1. The molecule has 1 saturated carbocycles. The van der Waals surface area contributed by atoms with Crippen molar-refractivity contribution in [3.63, 3.8) is 0 Å². The standard InChI is InChI=1S/C16H28N2OS2/c1-17-12-14-21-20-13-10-16(19)18-11-9-15-7-5-3-2-4-6-8-15/h15,17H,2-8,10,12-14H2,1H3,(H,18,19). The Labute approximate surface area is 137 Å². The van der Waals surface area contributed by atoms with Gasteiger partial charge in [0, 0.05) is 36.4 Å². The van der Waals surface area contributed by atoms with Crippen LogP contribution in [0.5, 0.6) is 0 Å². The highest BCUT2D eigenvalue weighted by molar-refractivity contribution is 8.76. The van der Waals surface area contributed by atoms with E-state index in [0.717, 1.165) is 18.1 Å². The molecule has 1 aliphatic carbocycles. The molecular weight excluding hydrogens is 300 g/mol. The number of hydrogen-bond donors (Lipinski definition) is 2. The first-order valence-electron chi connectivity index (χ1n) is 8.01. The minimum absolute atomic E-state index is 0.0510. The molecular formula is C16H28N2OS2. The summed E-state index contributed by atoms with van der Waals surface area (Å²) in [5.74, 6) is 5.70. The fraction of sp³-hybridized carbons (Fsp3) is 0.812. The molecule has 120 valence electrons. The van der Waals surface area contributed by atoms with E-state index in [1.54, 1.807) is 10.8 Å². The van der Waals surface area contributed by atoms with Crippen LogP contribution in [0, 0.1) is 17.9 Å². The van der Waals surface area contributed by atoms with Crippen LogP contribution in [-0.2, 0) is 4.79 Å². The molecule has 0 radical (unpaired) electrons. The molecule has 0 aromatic rings. The molecule has 0 unspecified atom stereocenters. The van der Waals surface area contributed by atoms with Gasteiger partial charge in [0.1, 0.15) is 0 Å². The summed E-state index contributed by atoms with van der Waals surface area (Å²) >= 11 is 0. The molecule has 1 fully saturated rings. The Morgan fingerprint density at radius 3 is 2.48 bits per heavy atom. The fourth-order valence-electron chi connectivity index (χ4n) is 2.27. The van der Waals surface area contributed by atoms with E-state index >= 15 is 0 Å². The van der Waals surface area contributed by atoms with Gasteiger partial charge in [0.25, 0.3) is 0 Å². The van der Waals surface area contributed by atoms with E-state index in [0.29, 0.717) is 12.3 Å². The number of amides is 1. The van der Waals surface area contributed by atoms with Crippen LogP contribution in [0.2, 0.25) is 0 Å². The fourth-order valence-corrected chi connectivity index (χ4v) is 4.27. The van der Waals surface area contributed by atoms with Crippen LogP contribution in [-0.4, -0.2) is 31.0 Å². The van der Waals surface area contributed by atoms with Crippen molar-refractivity contribution in [1.29, 1.82) is 0 Å². The van der Waals surface area contributed by atoms with Gasteiger partial charge in [0.15, 0.2) is 0 Å². The third kappa shape index (κ3) is 11.0. The Hall–Kier alpha value is -0.310. The van der Waals surface area contributed by atoms with Gasteiger partial charge < -0.3 is 5.32 Å². The van der Waals surface area contributed by atoms with Crippen LogP contribution in [0.15, 0.2) is 0 Å². The van der Waals surface area contributed by atoms with E-state index in [4.69, 9.17) is 0 Å². The summed E-state index contributed by atoms with van der Waals surface area (Å²) in [5, 5.41) is 5.84. The zero-order valence-corrected chi connectivity index (χ0v) is 14.7. The molecule has 2 N–H and O–H groups in total. The second-order valence-electron chi connectivity index (χ2n) is 5.36. The van der Waals surface area contributed by atoms with Gasteiger partial charge in [-0.05, 0) is 19.9 Å². The number of carbonyl (C=O) groups excluding carboxylic acids is 1. The molecule has 0 bridgehead atoms. The average Bonchev–Trinajstić information content (AvgIpc) is 2.45. The predicted octanol–water partition coefficient (Wildman–Crippen LogP) is 3.41. The first-order chi connectivity index (χ1) is 10.3. The largest absolute Gasteiger partial charge is 0.319 e. The lowest BCUT2D eigenvalue weighted by atomic mass is 9.92. The van der Waals surface area contributed by atoms with Crippen LogP contribution < -0.4 is 10.6 Å². The second-order valence-corrected chi connectivity index (χ2v) is 8.06. The molecule has 0 heterocycles. The maximum Gasteiger partial charge on any atom is 0.232 e. The summed E-state index contributed by atoms with van der Waals surface area (Å²) in [4.78, 5) is 11.6.